The number of hydrogen-bond acceptors (Lipinski definition) is 5. The highest BCUT2D eigenvalue weighted by molar-refractivity contribution is 9.10. The van der Waals surface area contributed by atoms with Crippen molar-refractivity contribution >= 4 is 62.0 Å². The van der Waals surface area contributed by atoms with E-state index in [0.717, 1.165) is 28.1 Å². The second kappa shape index (κ2) is 7.19. The number of nitrogens with one attached hydrogen (secondary N) is 2. The highest BCUT2D eigenvalue weighted by Crippen LogP contribution is 2.32. The number of thiophene rings is 1. The fourth-order valence-corrected chi connectivity index (χ4v) is 4.17. The minimum absolute atomic E-state index is 0. The fourth-order valence-electron chi connectivity index (χ4n) is 1.99. The van der Waals surface area contributed by atoms with Gasteiger partial charge in [-0.2, -0.15) is 0 Å². The zero-order valence-corrected chi connectivity index (χ0v) is 15.3. The normalized spacial score (nSPS) is 15.9. The van der Waals surface area contributed by atoms with Crippen molar-refractivity contribution in [1.82, 2.24) is 10.3 Å². The number of carbonyl (C=O) groups excluding carboxylic acids is 1. The quantitative estimate of drug-likeness (QED) is 0.808. The van der Waals surface area contributed by atoms with Crippen molar-refractivity contribution in [3.8, 4) is 10.6 Å². The first-order valence-electron chi connectivity index (χ1n) is 6.35. The van der Waals surface area contributed by atoms with E-state index < -0.39 is 0 Å². The number of carbonyl (C=O) groups is 1. The summed E-state index contributed by atoms with van der Waals surface area (Å²) in [4.78, 5) is 17.7. The Morgan fingerprint density at radius 1 is 1.48 bits per heavy atom. The molecule has 21 heavy (non-hydrogen) atoms. The Labute approximate surface area is 145 Å². The second-order valence-corrected chi connectivity index (χ2v) is 7.55. The first-order valence-corrected chi connectivity index (χ1v) is 8.90. The van der Waals surface area contributed by atoms with E-state index in [0.29, 0.717) is 11.0 Å². The van der Waals surface area contributed by atoms with E-state index in [1.54, 1.807) is 11.3 Å². The Morgan fingerprint density at radius 2 is 2.24 bits per heavy atom. The Kier molecular flexibility index (Phi) is 5.79. The highest BCUT2D eigenvalue weighted by atomic mass is 79.9. The maximum Gasteiger partial charge on any atom is 0.229 e. The van der Waals surface area contributed by atoms with Crippen molar-refractivity contribution in [1.29, 1.82) is 0 Å². The molecule has 4 nitrogen and oxygen atoms in total. The van der Waals surface area contributed by atoms with Crippen LogP contribution in [0, 0.1) is 11.8 Å². The van der Waals surface area contributed by atoms with E-state index in [1.165, 1.54) is 11.3 Å². The number of anilines is 1. The summed E-state index contributed by atoms with van der Waals surface area (Å²) in [6.45, 7) is 3.84. The van der Waals surface area contributed by atoms with E-state index in [2.05, 4.69) is 31.5 Å². The van der Waals surface area contributed by atoms with Gasteiger partial charge in [-0.15, -0.1) is 35.1 Å². The molecule has 2 aromatic heterocycles. The molecule has 1 atom stereocenters. The molecule has 8 heteroatoms. The molecule has 0 spiro atoms. The van der Waals surface area contributed by atoms with Crippen molar-refractivity contribution in [3.63, 3.8) is 0 Å². The van der Waals surface area contributed by atoms with Gasteiger partial charge in [-0.3, -0.25) is 4.79 Å². The lowest BCUT2D eigenvalue weighted by Crippen LogP contribution is -2.48. The number of amides is 1. The van der Waals surface area contributed by atoms with Crippen LogP contribution in [0.25, 0.3) is 10.6 Å². The summed E-state index contributed by atoms with van der Waals surface area (Å²) in [5.41, 5.74) is 0.916. The van der Waals surface area contributed by atoms with Gasteiger partial charge in [0.15, 0.2) is 5.13 Å². The SMILES string of the molecule is CC(C(=O)Nc1nc(-c2cc(Br)cs2)cs1)C1CNC1.Cl. The topological polar surface area (TPSA) is 54.0 Å². The van der Waals surface area contributed by atoms with E-state index in [9.17, 15) is 4.79 Å². The molecule has 3 heterocycles. The number of aromatic nitrogens is 1. The van der Waals surface area contributed by atoms with Crippen LogP contribution in [0.15, 0.2) is 21.3 Å². The molecule has 3 rings (SSSR count). The lowest BCUT2D eigenvalue weighted by atomic mass is 9.88. The van der Waals surface area contributed by atoms with Gasteiger partial charge in [0.1, 0.15) is 0 Å². The molecule has 114 valence electrons. The van der Waals surface area contributed by atoms with Crippen molar-refractivity contribution in [2.75, 3.05) is 18.4 Å². The average Bonchev–Trinajstić information content (AvgIpc) is 2.95. The van der Waals surface area contributed by atoms with Crippen LogP contribution in [0.3, 0.4) is 0 Å². The van der Waals surface area contributed by atoms with Crippen LogP contribution in [0.1, 0.15) is 6.92 Å². The number of nitrogens with zero attached hydrogens (tertiary/aromatic N) is 1. The Balaban J connectivity index is 0.00000161. The molecule has 0 saturated carbocycles. The predicted molar refractivity (Wildman–Crippen MR) is 94.5 cm³/mol. The van der Waals surface area contributed by atoms with Gasteiger partial charge in [-0.05, 0) is 41.0 Å². The molecule has 2 N–H and O–H groups in total. The molecule has 1 aliphatic rings. The zero-order valence-electron chi connectivity index (χ0n) is 11.3. The van der Waals surface area contributed by atoms with Crippen LogP contribution in [-0.2, 0) is 4.79 Å². The molecule has 0 radical (unpaired) electrons. The molecule has 1 aliphatic heterocycles. The van der Waals surface area contributed by atoms with Gasteiger partial charge >= 0.3 is 0 Å². The lowest BCUT2D eigenvalue weighted by molar-refractivity contribution is -0.121. The van der Waals surface area contributed by atoms with Crippen molar-refractivity contribution in [2.24, 2.45) is 11.8 Å². The summed E-state index contributed by atoms with van der Waals surface area (Å²) in [5.74, 6) is 0.534. The molecule has 1 saturated heterocycles. The second-order valence-electron chi connectivity index (χ2n) is 4.86. The van der Waals surface area contributed by atoms with E-state index in [1.807, 2.05) is 23.8 Å². The van der Waals surface area contributed by atoms with E-state index in [-0.39, 0.29) is 24.2 Å². The van der Waals surface area contributed by atoms with E-state index >= 15 is 0 Å². The Hall–Kier alpha value is -0.470. The number of halogens is 2. The van der Waals surface area contributed by atoms with Gasteiger partial charge in [0, 0.05) is 21.2 Å². The van der Waals surface area contributed by atoms with Crippen LogP contribution < -0.4 is 10.6 Å². The zero-order chi connectivity index (χ0) is 14.1. The molecule has 1 fully saturated rings. The summed E-state index contributed by atoms with van der Waals surface area (Å²) >= 11 is 6.54. The Morgan fingerprint density at radius 3 is 2.81 bits per heavy atom. The standard InChI is InChI=1S/C13H14BrN3OS2.ClH/c1-7(8-3-15-4-8)12(18)17-13-16-10(6-20-13)11-2-9(14)5-19-11;/h2,5-8,15H,3-4H2,1H3,(H,16,17,18);1H. The lowest BCUT2D eigenvalue weighted by Gasteiger charge is -2.31. The minimum Gasteiger partial charge on any atom is -0.316 e. The van der Waals surface area contributed by atoms with Crippen molar-refractivity contribution < 1.29 is 4.79 Å². The molecule has 0 aromatic carbocycles. The van der Waals surface area contributed by atoms with Crippen LogP contribution in [-0.4, -0.2) is 24.0 Å². The van der Waals surface area contributed by atoms with Crippen LogP contribution in [0.5, 0.6) is 0 Å². The van der Waals surface area contributed by atoms with Gasteiger partial charge in [0.2, 0.25) is 5.91 Å². The largest absolute Gasteiger partial charge is 0.316 e. The number of hydrogen-bond donors (Lipinski definition) is 2. The van der Waals surface area contributed by atoms with Crippen LogP contribution in [0.4, 0.5) is 5.13 Å². The first-order chi connectivity index (χ1) is 9.63. The third-order valence-corrected chi connectivity index (χ3v) is 5.96. The highest BCUT2D eigenvalue weighted by Gasteiger charge is 2.29. The summed E-state index contributed by atoms with van der Waals surface area (Å²) < 4.78 is 1.06. The summed E-state index contributed by atoms with van der Waals surface area (Å²) in [6, 6.07) is 2.04. The summed E-state index contributed by atoms with van der Waals surface area (Å²) in [7, 11) is 0. The molecular weight excluding hydrogens is 394 g/mol. The molecule has 1 amide bonds. The van der Waals surface area contributed by atoms with Gasteiger partial charge in [-0.25, -0.2) is 4.98 Å². The first kappa shape index (κ1) is 16.9. The number of rotatable bonds is 4. The third kappa shape index (κ3) is 3.84. The maximum atomic E-state index is 12.1. The van der Waals surface area contributed by atoms with Crippen LogP contribution in [0.2, 0.25) is 0 Å². The van der Waals surface area contributed by atoms with Gasteiger partial charge in [0.05, 0.1) is 10.6 Å². The van der Waals surface area contributed by atoms with Gasteiger partial charge in [0.25, 0.3) is 0 Å². The maximum absolute atomic E-state index is 12.1. The minimum atomic E-state index is 0. The molecule has 0 aliphatic carbocycles. The van der Waals surface area contributed by atoms with Crippen molar-refractivity contribution in [2.45, 2.75) is 6.92 Å². The average molecular weight is 409 g/mol. The van der Waals surface area contributed by atoms with Gasteiger partial charge in [-0.1, -0.05) is 6.92 Å². The molecule has 1 unspecified atom stereocenters. The third-order valence-electron chi connectivity index (χ3n) is 3.49. The predicted octanol–water partition coefficient (Wildman–Crippen LogP) is 3.85. The summed E-state index contributed by atoms with van der Waals surface area (Å²) in [5, 5.41) is 10.8. The van der Waals surface area contributed by atoms with Crippen molar-refractivity contribution in [3.05, 3.63) is 21.3 Å². The summed E-state index contributed by atoms with van der Waals surface area (Å²) in [6.07, 6.45) is 0. The molecular formula is C13H15BrClN3OS2. The molecule has 2 aromatic rings. The van der Waals surface area contributed by atoms with Gasteiger partial charge < -0.3 is 10.6 Å². The van der Waals surface area contributed by atoms with Crippen LogP contribution >= 0.6 is 51.0 Å². The number of thiazole rings is 1. The monoisotopic (exact) mass is 407 g/mol. The molecule has 0 bridgehead atoms. The fraction of sp³-hybridized carbons (Fsp3) is 0.385. The van der Waals surface area contributed by atoms with E-state index in [4.69, 9.17) is 0 Å². The Bertz CT molecular complexity index is 626. The smallest absolute Gasteiger partial charge is 0.229 e.